The Morgan fingerprint density at radius 3 is 2.23 bits per heavy atom. The molecule has 26 heavy (non-hydrogen) atoms. The first kappa shape index (κ1) is 18.3. The molecule has 4 nitrogen and oxygen atoms in total. The second kappa shape index (κ2) is 8.23. The average molecular weight is 363 g/mol. The SMILES string of the molecule is O=C(Nc1ccc(F)cc1F)N1CCN(CCc2ccc(F)cc2)CC1. The molecular weight excluding hydrogens is 343 g/mol. The van der Waals surface area contributed by atoms with E-state index in [9.17, 15) is 18.0 Å². The number of rotatable bonds is 4. The van der Waals surface area contributed by atoms with Crippen LogP contribution in [0.4, 0.5) is 23.7 Å². The molecule has 138 valence electrons. The third-order valence-electron chi connectivity index (χ3n) is 4.46. The molecule has 3 rings (SSSR count). The number of hydrogen-bond donors (Lipinski definition) is 1. The number of carbonyl (C=O) groups excluding carboxylic acids is 1. The van der Waals surface area contributed by atoms with Gasteiger partial charge in [0, 0.05) is 38.8 Å². The smallest absolute Gasteiger partial charge is 0.322 e. The van der Waals surface area contributed by atoms with E-state index in [1.807, 2.05) is 0 Å². The molecule has 2 aromatic carbocycles. The fourth-order valence-electron chi connectivity index (χ4n) is 2.90. The zero-order valence-corrected chi connectivity index (χ0v) is 14.2. The van der Waals surface area contributed by atoms with Gasteiger partial charge in [0.05, 0.1) is 5.69 Å². The van der Waals surface area contributed by atoms with Crippen LogP contribution in [0.2, 0.25) is 0 Å². The van der Waals surface area contributed by atoms with Crippen molar-refractivity contribution in [2.24, 2.45) is 0 Å². The molecule has 2 amide bonds. The lowest BCUT2D eigenvalue weighted by Gasteiger charge is -2.34. The monoisotopic (exact) mass is 363 g/mol. The number of nitrogens with one attached hydrogen (secondary N) is 1. The standard InChI is InChI=1S/C19H20F3N3O/c20-15-3-1-14(2-4-15)7-8-24-9-11-25(12-10-24)19(26)23-18-6-5-16(21)13-17(18)22/h1-6,13H,7-12H2,(H,23,26). The van der Waals surface area contributed by atoms with E-state index >= 15 is 0 Å². The van der Waals surface area contributed by atoms with Gasteiger partial charge < -0.3 is 10.2 Å². The Kier molecular flexibility index (Phi) is 5.78. The highest BCUT2D eigenvalue weighted by atomic mass is 19.1. The van der Waals surface area contributed by atoms with E-state index in [2.05, 4.69) is 10.2 Å². The molecular formula is C19H20F3N3O. The molecule has 1 heterocycles. The summed E-state index contributed by atoms with van der Waals surface area (Å²) in [6.07, 6.45) is 0.813. The zero-order chi connectivity index (χ0) is 18.5. The van der Waals surface area contributed by atoms with E-state index in [-0.39, 0.29) is 11.5 Å². The summed E-state index contributed by atoms with van der Waals surface area (Å²) in [5, 5.41) is 2.48. The maximum atomic E-state index is 13.6. The number of anilines is 1. The van der Waals surface area contributed by atoms with Crippen molar-refractivity contribution >= 4 is 11.7 Å². The second-order valence-corrected chi connectivity index (χ2v) is 6.26. The number of benzene rings is 2. The summed E-state index contributed by atoms with van der Waals surface area (Å²) < 4.78 is 39.4. The maximum Gasteiger partial charge on any atom is 0.322 e. The van der Waals surface area contributed by atoms with Gasteiger partial charge in [0.25, 0.3) is 0 Å². The highest BCUT2D eigenvalue weighted by Crippen LogP contribution is 2.16. The minimum absolute atomic E-state index is 0.0323. The Morgan fingerprint density at radius 2 is 1.58 bits per heavy atom. The number of nitrogens with zero attached hydrogens (tertiary/aromatic N) is 2. The van der Waals surface area contributed by atoms with Crippen LogP contribution in [0.1, 0.15) is 5.56 Å². The van der Waals surface area contributed by atoms with Crippen LogP contribution < -0.4 is 5.32 Å². The molecule has 0 spiro atoms. The number of halogens is 3. The van der Waals surface area contributed by atoms with E-state index < -0.39 is 17.7 Å². The molecule has 1 fully saturated rings. The van der Waals surface area contributed by atoms with Gasteiger partial charge in [-0.2, -0.15) is 0 Å². The van der Waals surface area contributed by atoms with Gasteiger partial charge in [-0.25, -0.2) is 18.0 Å². The van der Waals surface area contributed by atoms with Crippen LogP contribution in [0.5, 0.6) is 0 Å². The van der Waals surface area contributed by atoms with Crippen molar-refractivity contribution in [1.82, 2.24) is 9.80 Å². The van der Waals surface area contributed by atoms with Crippen molar-refractivity contribution in [3.05, 3.63) is 65.5 Å². The van der Waals surface area contributed by atoms with E-state index in [1.54, 1.807) is 17.0 Å². The molecule has 0 saturated carbocycles. The van der Waals surface area contributed by atoms with Gasteiger partial charge in [-0.3, -0.25) is 4.90 Å². The number of piperazine rings is 1. The first-order chi connectivity index (χ1) is 12.5. The van der Waals surface area contributed by atoms with Gasteiger partial charge in [0.15, 0.2) is 0 Å². The molecule has 0 bridgehead atoms. The Hall–Kier alpha value is -2.54. The summed E-state index contributed by atoms with van der Waals surface area (Å²) in [5.41, 5.74) is 1.04. The van der Waals surface area contributed by atoms with Crippen molar-refractivity contribution in [2.75, 3.05) is 38.0 Å². The fourth-order valence-corrected chi connectivity index (χ4v) is 2.90. The summed E-state index contributed by atoms with van der Waals surface area (Å²) in [4.78, 5) is 16.1. The molecule has 0 atom stereocenters. The van der Waals surface area contributed by atoms with Crippen LogP contribution in [0.25, 0.3) is 0 Å². The molecule has 1 saturated heterocycles. The van der Waals surface area contributed by atoms with Gasteiger partial charge >= 0.3 is 6.03 Å². The van der Waals surface area contributed by atoms with Crippen LogP contribution in [-0.4, -0.2) is 48.6 Å². The van der Waals surface area contributed by atoms with Crippen molar-refractivity contribution in [1.29, 1.82) is 0 Å². The molecule has 7 heteroatoms. The average Bonchev–Trinajstić information content (AvgIpc) is 2.64. The summed E-state index contributed by atoms with van der Waals surface area (Å²) >= 11 is 0. The normalized spacial score (nSPS) is 15.1. The number of urea groups is 1. The lowest BCUT2D eigenvalue weighted by molar-refractivity contribution is 0.148. The predicted molar refractivity (Wildman–Crippen MR) is 93.5 cm³/mol. The highest BCUT2D eigenvalue weighted by Gasteiger charge is 2.21. The molecule has 0 aromatic heterocycles. The maximum absolute atomic E-state index is 13.6. The van der Waals surface area contributed by atoms with Crippen LogP contribution >= 0.6 is 0 Å². The van der Waals surface area contributed by atoms with Gasteiger partial charge in [-0.15, -0.1) is 0 Å². The van der Waals surface area contributed by atoms with Gasteiger partial charge in [-0.05, 0) is 36.2 Å². The summed E-state index contributed by atoms with van der Waals surface area (Å²) in [7, 11) is 0. The quantitative estimate of drug-likeness (QED) is 0.903. The molecule has 1 N–H and O–H groups in total. The van der Waals surface area contributed by atoms with Crippen molar-refractivity contribution in [2.45, 2.75) is 6.42 Å². The van der Waals surface area contributed by atoms with Gasteiger partial charge in [-0.1, -0.05) is 12.1 Å². The minimum atomic E-state index is -0.795. The first-order valence-electron chi connectivity index (χ1n) is 8.49. The predicted octanol–water partition coefficient (Wildman–Crippen LogP) is 3.50. The van der Waals surface area contributed by atoms with Gasteiger partial charge in [0.2, 0.25) is 0 Å². The second-order valence-electron chi connectivity index (χ2n) is 6.26. The molecule has 1 aliphatic rings. The zero-order valence-electron chi connectivity index (χ0n) is 14.2. The van der Waals surface area contributed by atoms with Crippen molar-refractivity contribution in [3.63, 3.8) is 0 Å². The molecule has 2 aromatic rings. The molecule has 0 aliphatic carbocycles. The van der Waals surface area contributed by atoms with E-state index in [4.69, 9.17) is 0 Å². The summed E-state index contributed by atoms with van der Waals surface area (Å²) in [6, 6.07) is 9.11. The largest absolute Gasteiger partial charge is 0.322 e. The minimum Gasteiger partial charge on any atom is -0.322 e. The van der Waals surface area contributed by atoms with Crippen LogP contribution in [0, 0.1) is 17.5 Å². The molecule has 0 unspecified atom stereocenters. The highest BCUT2D eigenvalue weighted by molar-refractivity contribution is 5.89. The first-order valence-corrected chi connectivity index (χ1v) is 8.49. The lowest BCUT2D eigenvalue weighted by Crippen LogP contribution is -2.50. The lowest BCUT2D eigenvalue weighted by atomic mass is 10.1. The molecule has 0 radical (unpaired) electrons. The van der Waals surface area contributed by atoms with E-state index in [0.717, 1.165) is 30.7 Å². The Labute approximate surface area is 150 Å². The van der Waals surface area contributed by atoms with Crippen molar-refractivity contribution < 1.29 is 18.0 Å². The number of amides is 2. The summed E-state index contributed by atoms with van der Waals surface area (Å²) in [5.74, 6) is -1.72. The van der Waals surface area contributed by atoms with Crippen LogP contribution in [0.3, 0.4) is 0 Å². The Bertz CT molecular complexity index is 759. The third-order valence-corrected chi connectivity index (χ3v) is 4.46. The van der Waals surface area contributed by atoms with Crippen LogP contribution in [-0.2, 0) is 6.42 Å². The topological polar surface area (TPSA) is 35.6 Å². The van der Waals surface area contributed by atoms with Crippen molar-refractivity contribution in [3.8, 4) is 0 Å². The van der Waals surface area contributed by atoms with Crippen LogP contribution in [0.15, 0.2) is 42.5 Å². The van der Waals surface area contributed by atoms with E-state index in [0.29, 0.717) is 26.2 Å². The third kappa shape index (κ3) is 4.76. The van der Waals surface area contributed by atoms with E-state index in [1.165, 1.54) is 18.2 Å². The number of carbonyl (C=O) groups is 1. The Balaban J connectivity index is 1.45. The number of hydrogen-bond acceptors (Lipinski definition) is 2. The molecule has 1 aliphatic heterocycles. The fraction of sp³-hybridized carbons (Fsp3) is 0.316. The Morgan fingerprint density at radius 1 is 0.923 bits per heavy atom. The summed E-state index contributed by atoms with van der Waals surface area (Å²) in [6.45, 7) is 3.30. The van der Waals surface area contributed by atoms with Gasteiger partial charge in [0.1, 0.15) is 17.5 Å².